The van der Waals surface area contributed by atoms with Crippen molar-refractivity contribution in [3.8, 4) is 0 Å². The quantitative estimate of drug-likeness (QED) is 0.867. The highest BCUT2D eigenvalue weighted by Crippen LogP contribution is 2.08. The van der Waals surface area contributed by atoms with Crippen molar-refractivity contribution in [2.75, 3.05) is 11.9 Å². The van der Waals surface area contributed by atoms with E-state index in [-0.39, 0.29) is 5.69 Å². The van der Waals surface area contributed by atoms with Gasteiger partial charge in [0.1, 0.15) is 5.82 Å². The van der Waals surface area contributed by atoms with Gasteiger partial charge in [-0.2, -0.15) is 0 Å². The average Bonchev–Trinajstić information content (AvgIpc) is 2.48. The smallest absolute Gasteiger partial charge is 0.359 e. The van der Waals surface area contributed by atoms with Gasteiger partial charge in [-0.15, -0.1) is 0 Å². The Kier molecular flexibility index (Phi) is 4.55. The van der Waals surface area contributed by atoms with Gasteiger partial charge < -0.3 is 10.1 Å². The van der Waals surface area contributed by atoms with Crippen LogP contribution in [0.25, 0.3) is 0 Å². The van der Waals surface area contributed by atoms with Crippen molar-refractivity contribution in [3.63, 3.8) is 0 Å². The maximum Gasteiger partial charge on any atom is 0.359 e. The summed E-state index contributed by atoms with van der Waals surface area (Å²) in [6.07, 6.45) is 2.70. The van der Waals surface area contributed by atoms with Crippen LogP contribution in [0, 0.1) is 12.7 Å². The van der Waals surface area contributed by atoms with Gasteiger partial charge >= 0.3 is 5.97 Å². The van der Waals surface area contributed by atoms with Crippen molar-refractivity contribution in [2.24, 2.45) is 0 Å². The van der Waals surface area contributed by atoms with Crippen LogP contribution in [0.15, 0.2) is 36.7 Å². The van der Waals surface area contributed by atoms with E-state index in [0.717, 1.165) is 0 Å². The number of carbonyl (C=O) groups is 2. The number of ether oxygens (including phenoxy) is 1. The van der Waals surface area contributed by atoms with Gasteiger partial charge in [-0.05, 0) is 31.2 Å². The zero-order chi connectivity index (χ0) is 15.2. The molecule has 1 aromatic carbocycles. The third-order valence-electron chi connectivity index (χ3n) is 2.45. The van der Waals surface area contributed by atoms with Crippen molar-refractivity contribution in [1.29, 1.82) is 0 Å². The van der Waals surface area contributed by atoms with Gasteiger partial charge in [-0.25, -0.2) is 14.2 Å². The molecule has 1 aromatic heterocycles. The summed E-state index contributed by atoms with van der Waals surface area (Å²) < 4.78 is 17.5. The second-order valence-corrected chi connectivity index (χ2v) is 4.17. The van der Waals surface area contributed by atoms with Gasteiger partial charge in [-0.1, -0.05) is 0 Å². The molecule has 0 saturated heterocycles. The van der Waals surface area contributed by atoms with E-state index in [0.29, 0.717) is 11.4 Å². The zero-order valence-corrected chi connectivity index (χ0v) is 11.2. The van der Waals surface area contributed by atoms with Crippen molar-refractivity contribution in [2.45, 2.75) is 6.92 Å². The van der Waals surface area contributed by atoms with Crippen LogP contribution < -0.4 is 5.32 Å². The monoisotopic (exact) mass is 289 g/mol. The third-order valence-corrected chi connectivity index (χ3v) is 2.45. The van der Waals surface area contributed by atoms with Gasteiger partial charge in [0.2, 0.25) is 0 Å². The molecule has 0 aliphatic rings. The number of halogens is 1. The Bertz CT molecular complexity index is 642. The van der Waals surface area contributed by atoms with Crippen LogP contribution in [-0.4, -0.2) is 28.5 Å². The molecule has 0 aliphatic heterocycles. The minimum absolute atomic E-state index is 0.0233. The van der Waals surface area contributed by atoms with Crippen LogP contribution >= 0.6 is 0 Å². The fraction of sp³-hybridized carbons (Fsp3) is 0.143. The summed E-state index contributed by atoms with van der Waals surface area (Å²) in [5.41, 5.74) is 1.10. The molecule has 0 radical (unpaired) electrons. The third kappa shape index (κ3) is 4.34. The van der Waals surface area contributed by atoms with Crippen LogP contribution in [0.2, 0.25) is 0 Å². The van der Waals surface area contributed by atoms with E-state index in [2.05, 4.69) is 15.3 Å². The van der Waals surface area contributed by atoms with Gasteiger partial charge in [0.05, 0.1) is 11.9 Å². The first kappa shape index (κ1) is 14.6. The molecule has 0 unspecified atom stereocenters. The molecule has 0 atom stereocenters. The van der Waals surface area contributed by atoms with E-state index in [4.69, 9.17) is 4.74 Å². The standard InChI is InChI=1S/C14H12FN3O3/c1-9-6-17-12(7-16-9)14(20)21-8-13(19)18-11-4-2-10(15)3-5-11/h2-7H,8H2,1H3,(H,18,19). The molecule has 0 saturated carbocycles. The number of hydrogen-bond acceptors (Lipinski definition) is 5. The molecule has 1 amide bonds. The lowest BCUT2D eigenvalue weighted by Crippen LogP contribution is -2.21. The van der Waals surface area contributed by atoms with Gasteiger partial charge in [0, 0.05) is 11.9 Å². The summed E-state index contributed by atoms with van der Waals surface area (Å²) in [7, 11) is 0. The minimum atomic E-state index is -0.739. The van der Waals surface area contributed by atoms with Gasteiger partial charge in [0.15, 0.2) is 12.3 Å². The highest BCUT2D eigenvalue weighted by Gasteiger charge is 2.12. The van der Waals surface area contributed by atoms with Crippen LogP contribution in [0.3, 0.4) is 0 Å². The number of anilines is 1. The van der Waals surface area contributed by atoms with E-state index in [1.165, 1.54) is 36.7 Å². The van der Waals surface area contributed by atoms with Crippen LogP contribution in [-0.2, 0) is 9.53 Å². The Labute approximate surface area is 120 Å². The van der Waals surface area contributed by atoms with E-state index in [1.807, 2.05) is 0 Å². The molecule has 2 rings (SSSR count). The maximum absolute atomic E-state index is 12.7. The first-order valence-corrected chi connectivity index (χ1v) is 6.06. The first-order chi connectivity index (χ1) is 10.0. The van der Waals surface area contributed by atoms with E-state index in [1.54, 1.807) is 6.92 Å². The second kappa shape index (κ2) is 6.56. The number of hydrogen-bond donors (Lipinski definition) is 1. The SMILES string of the molecule is Cc1cnc(C(=O)OCC(=O)Nc2ccc(F)cc2)cn1. The Hall–Kier alpha value is -2.83. The molecule has 0 fully saturated rings. The highest BCUT2D eigenvalue weighted by molar-refractivity contribution is 5.94. The topological polar surface area (TPSA) is 81.2 Å². The summed E-state index contributed by atoms with van der Waals surface area (Å²) >= 11 is 0. The molecule has 1 heterocycles. The second-order valence-electron chi connectivity index (χ2n) is 4.17. The lowest BCUT2D eigenvalue weighted by atomic mass is 10.3. The molecule has 6 nitrogen and oxygen atoms in total. The molecule has 0 bridgehead atoms. The number of amides is 1. The Balaban J connectivity index is 1.84. The molecule has 0 spiro atoms. The number of benzene rings is 1. The molecule has 7 heteroatoms. The fourth-order valence-electron chi connectivity index (χ4n) is 1.43. The summed E-state index contributed by atoms with van der Waals surface area (Å²) in [5.74, 6) is -1.68. The number of aryl methyl sites for hydroxylation is 1. The molecule has 1 N–H and O–H groups in total. The maximum atomic E-state index is 12.7. The number of esters is 1. The molecule has 0 aliphatic carbocycles. The first-order valence-electron chi connectivity index (χ1n) is 6.06. The Morgan fingerprint density at radius 1 is 1.19 bits per heavy atom. The summed E-state index contributed by atoms with van der Waals surface area (Å²) in [4.78, 5) is 30.9. The minimum Gasteiger partial charge on any atom is -0.451 e. The van der Waals surface area contributed by atoms with Gasteiger partial charge in [-0.3, -0.25) is 9.78 Å². The average molecular weight is 289 g/mol. The normalized spacial score (nSPS) is 10.0. The van der Waals surface area contributed by atoms with Crippen LogP contribution in [0.4, 0.5) is 10.1 Å². The highest BCUT2D eigenvalue weighted by atomic mass is 19.1. The van der Waals surface area contributed by atoms with Crippen molar-refractivity contribution in [1.82, 2.24) is 9.97 Å². The summed E-state index contributed by atoms with van der Waals surface area (Å²) in [6, 6.07) is 5.23. The van der Waals surface area contributed by atoms with E-state index < -0.39 is 24.3 Å². The van der Waals surface area contributed by atoms with E-state index in [9.17, 15) is 14.0 Å². The molecular weight excluding hydrogens is 277 g/mol. The van der Waals surface area contributed by atoms with Crippen LogP contribution in [0.5, 0.6) is 0 Å². The molecule has 2 aromatic rings. The number of carbonyl (C=O) groups excluding carboxylic acids is 2. The van der Waals surface area contributed by atoms with Crippen molar-refractivity contribution < 1.29 is 18.7 Å². The predicted octanol–water partition coefficient (Wildman–Crippen LogP) is 1.72. The van der Waals surface area contributed by atoms with E-state index >= 15 is 0 Å². The fourth-order valence-corrected chi connectivity index (χ4v) is 1.43. The molecule has 21 heavy (non-hydrogen) atoms. The number of nitrogens with one attached hydrogen (secondary N) is 1. The Morgan fingerprint density at radius 3 is 2.52 bits per heavy atom. The lowest BCUT2D eigenvalue weighted by molar-refractivity contribution is -0.119. The lowest BCUT2D eigenvalue weighted by Gasteiger charge is -2.06. The largest absolute Gasteiger partial charge is 0.451 e. The number of nitrogens with zero attached hydrogens (tertiary/aromatic N) is 2. The van der Waals surface area contributed by atoms with Crippen molar-refractivity contribution in [3.05, 3.63) is 53.9 Å². The summed E-state index contributed by atoms with van der Waals surface area (Å²) in [5, 5.41) is 2.47. The predicted molar refractivity (Wildman–Crippen MR) is 72.1 cm³/mol. The van der Waals surface area contributed by atoms with Gasteiger partial charge in [0.25, 0.3) is 5.91 Å². The zero-order valence-electron chi connectivity index (χ0n) is 11.2. The molecular formula is C14H12FN3O3. The van der Waals surface area contributed by atoms with Crippen LogP contribution in [0.1, 0.15) is 16.2 Å². The Morgan fingerprint density at radius 2 is 1.90 bits per heavy atom. The number of aromatic nitrogens is 2. The summed E-state index contributed by atoms with van der Waals surface area (Å²) in [6.45, 7) is 1.27. The number of rotatable bonds is 4. The molecule has 108 valence electrons. The van der Waals surface area contributed by atoms with Crippen molar-refractivity contribution >= 4 is 17.6 Å².